The van der Waals surface area contributed by atoms with Gasteiger partial charge in [-0.25, -0.2) is 4.99 Å². The second-order valence-corrected chi connectivity index (χ2v) is 7.09. The van der Waals surface area contributed by atoms with Crippen LogP contribution in [0.3, 0.4) is 0 Å². The zero-order valence-electron chi connectivity index (χ0n) is 17.7. The van der Waals surface area contributed by atoms with E-state index < -0.39 is 5.91 Å². The number of ether oxygens (including phenoxy) is 1. The zero-order chi connectivity index (χ0) is 22.7. The summed E-state index contributed by atoms with van der Waals surface area (Å²) in [6.45, 7) is 5.34. The molecule has 9 heteroatoms. The Labute approximate surface area is 184 Å². The fourth-order valence-electron chi connectivity index (χ4n) is 3.07. The SMILES string of the molecule is C=C1C(=O)N=C(n2nc(-c3ccco3)cc2NC(=O)CCc2ccc(OC)cc2)N=C1C. The third-order valence-electron chi connectivity index (χ3n) is 4.90. The number of benzene rings is 1. The molecule has 1 N–H and O–H groups in total. The lowest BCUT2D eigenvalue weighted by molar-refractivity contribution is -0.116. The molecule has 2 aromatic heterocycles. The molecule has 0 saturated carbocycles. The van der Waals surface area contributed by atoms with Crippen LogP contribution < -0.4 is 10.1 Å². The Morgan fingerprint density at radius 1 is 1.22 bits per heavy atom. The van der Waals surface area contributed by atoms with Crippen molar-refractivity contribution in [3.8, 4) is 17.2 Å². The molecule has 162 valence electrons. The van der Waals surface area contributed by atoms with Gasteiger partial charge in [0.2, 0.25) is 5.91 Å². The largest absolute Gasteiger partial charge is 0.497 e. The third-order valence-corrected chi connectivity index (χ3v) is 4.90. The first-order valence-corrected chi connectivity index (χ1v) is 9.89. The Balaban J connectivity index is 1.56. The summed E-state index contributed by atoms with van der Waals surface area (Å²) in [7, 11) is 1.61. The minimum Gasteiger partial charge on any atom is -0.497 e. The number of hydrogen-bond acceptors (Lipinski definition) is 6. The topological polar surface area (TPSA) is 111 Å². The van der Waals surface area contributed by atoms with Gasteiger partial charge in [-0.3, -0.25) is 9.59 Å². The van der Waals surface area contributed by atoms with Gasteiger partial charge in [0.15, 0.2) is 5.76 Å². The fraction of sp³-hybridized carbons (Fsp3) is 0.174. The third kappa shape index (κ3) is 4.41. The number of anilines is 1. The van der Waals surface area contributed by atoms with Crippen molar-refractivity contribution in [2.24, 2.45) is 9.98 Å². The summed E-state index contributed by atoms with van der Waals surface area (Å²) in [6.07, 6.45) is 2.32. The number of aliphatic imine (C=N–C) groups is 2. The first-order valence-electron chi connectivity index (χ1n) is 9.89. The van der Waals surface area contributed by atoms with Crippen molar-refractivity contribution in [2.75, 3.05) is 12.4 Å². The zero-order valence-corrected chi connectivity index (χ0v) is 17.7. The highest BCUT2D eigenvalue weighted by Gasteiger charge is 2.23. The lowest BCUT2D eigenvalue weighted by Gasteiger charge is -2.12. The van der Waals surface area contributed by atoms with E-state index in [0.717, 1.165) is 11.3 Å². The minimum absolute atomic E-state index is 0.0446. The number of carbonyl (C=O) groups excluding carboxylic acids is 2. The number of amides is 2. The molecule has 3 heterocycles. The van der Waals surface area contributed by atoms with Crippen LogP contribution in [-0.2, 0) is 16.0 Å². The Morgan fingerprint density at radius 2 is 2.00 bits per heavy atom. The standard InChI is InChI=1S/C23H21N5O4/c1-14-15(2)24-23(26-22(14)30)28-20(13-18(27-28)19-5-4-12-32-19)25-21(29)11-8-16-6-9-17(31-3)10-7-16/h4-7,9-10,12-13H,1,8,11H2,2-3H3,(H,25,29). The summed E-state index contributed by atoms with van der Waals surface area (Å²) in [5.74, 6) is 0.911. The number of furan rings is 1. The predicted molar refractivity (Wildman–Crippen MR) is 120 cm³/mol. The van der Waals surface area contributed by atoms with Gasteiger partial charge in [-0.1, -0.05) is 18.7 Å². The van der Waals surface area contributed by atoms with E-state index in [1.54, 1.807) is 32.2 Å². The Bertz CT molecular complexity index is 1230. The molecule has 0 bridgehead atoms. The molecule has 0 aliphatic carbocycles. The number of aromatic nitrogens is 2. The molecule has 9 nitrogen and oxygen atoms in total. The molecular weight excluding hydrogens is 410 g/mol. The molecule has 0 unspecified atom stereocenters. The van der Waals surface area contributed by atoms with Crippen LogP contribution in [0.5, 0.6) is 5.75 Å². The van der Waals surface area contributed by atoms with E-state index in [1.165, 1.54) is 10.9 Å². The van der Waals surface area contributed by atoms with Crippen molar-refractivity contribution in [3.63, 3.8) is 0 Å². The number of nitrogens with zero attached hydrogens (tertiary/aromatic N) is 4. The van der Waals surface area contributed by atoms with E-state index in [1.807, 2.05) is 24.3 Å². The number of nitrogens with one attached hydrogen (secondary N) is 1. The Hall–Kier alpha value is -4.27. The molecule has 4 rings (SSSR count). The number of carbonyl (C=O) groups is 2. The van der Waals surface area contributed by atoms with Crippen LogP contribution >= 0.6 is 0 Å². The summed E-state index contributed by atoms with van der Waals surface area (Å²) >= 11 is 0. The molecule has 3 aromatic rings. The first kappa shape index (κ1) is 21.0. The summed E-state index contributed by atoms with van der Waals surface area (Å²) < 4.78 is 11.9. The van der Waals surface area contributed by atoms with E-state index >= 15 is 0 Å². The Morgan fingerprint density at radius 3 is 2.66 bits per heavy atom. The monoisotopic (exact) mass is 431 g/mol. The van der Waals surface area contributed by atoms with Crippen LogP contribution in [-0.4, -0.2) is 40.4 Å². The van der Waals surface area contributed by atoms with Crippen molar-refractivity contribution in [1.29, 1.82) is 0 Å². The molecule has 0 radical (unpaired) electrons. The Kier molecular flexibility index (Phi) is 5.80. The van der Waals surface area contributed by atoms with Gasteiger partial charge in [0.25, 0.3) is 11.9 Å². The van der Waals surface area contributed by atoms with E-state index in [-0.39, 0.29) is 23.9 Å². The number of methoxy groups -OCH3 is 1. The van der Waals surface area contributed by atoms with Crippen molar-refractivity contribution >= 4 is 29.3 Å². The maximum absolute atomic E-state index is 12.7. The maximum Gasteiger partial charge on any atom is 0.281 e. The fourth-order valence-corrected chi connectivity index (χ4v) is 3.07. The van der Waals surface area contributed by atoms with Crippen molar-refractivity contribution in [1.82, 2.24) is 9.78 Å². The van der Waals surface area contributed by atoms with Gasteiger partial charge < -0.3 is 14.5 Å². The van der Waals surface area contributed by atoms with Crippen LogP contribution in [0.25, 0.3) is 11.5 Å². The highest BCUT2D eigenvalue weighted by Crippen LogP contribution is 2.24. The van der Waals surface area contributed by atoms with Gasteiger partial charge in [-0.05, 0) is 43.2 Å². The number of rotatable bonds is 6. The van der Waals surface area contributed by atoms with Crippen LogP contribution in [0.2, 0.25) is 0 Å². The van der Waals surface area contributed by atoms with Gasteiger partial charge in [0, 0.05) is 12.5 Å². The normalized spacial score (nSPS) is 13.6. The minimum atomic E-state index is -0.501. The molecule has 1 aromatic carbocycles. The van der Waals surface area contributed by atoms with Gasteiger partial charge in [-0.15, -0.1) is 0 Å². The van der Waals surface area contributed by atoms with Crippen LogP contribution in [0.1, 0.15) is 18.9 Å². The predicted octanol–water partition coefficient (Wildman–Crippen LogP) is 3.48. The molecule has 0 atom stereocenters. The maximum atomic E-state index is 12.7. The molecule has 1 aliphatic heterocycles. The summed E-state index contributed by atoms with van der Waals surface area (Å²) in [5, 5.41) is 7.27. The average molecular weight is 431 g/mol. The quantitative estimate of drug-likeness (QED) is 0.601. The first-order chi connectivity index (χ1) is 15.4. The highest BCUT2D eigenvalue weighted by molar-refractivity contribution is 6.27. The van der Waals surface area contributed by atoms with E-state index in [0.29, 0.717) is 29.4 Å². The van der Waals surface area contributed by atoms with Crippen LogP contribution in [0.15, 0.2) is 75.3 Å². The second-order valence-electron chi connectivity index (χ2n) is 7.09. The molecule has 0 spiro atoms. The molecule has 0 saturated heterocycles. The smallest absolute Gasteiger partial charge is 0.281 e. The van der Waals surface area contributed by atoms with Crippen molar-refractivity contribution < 1.29 is 18.7 Å². The van der Waals surface area contributed by atoms with Gasteiger partial charge >= 0.3 is 0 Å². The molecular formula is C23H21N5O4. The number of aryl methyl sites for hydroxylation is 1. The average Bonchev–Trinajstić information content (AvgIpc) is 3.46. The van der Waals surface area contributed by atoms with E-state index in [9.17, 15) is 9.59 Å². The van der Waals surface area contributed by atoms with Gasteiger partial charge in [0.05, 0.1) is 24.7 Å². The van der Waals surface area contributed by atoms with Crippen molar-refractivity contribution in [3.05, 3.63) is 66.4 Å². The molecule has 1 aliphatic rings. The van der Waals surface area contributed by atoms with Gasteiger partial charge in [-0.2, -0.15) is 14.8 Å². The van der Waals surface area contributed by atoms with E-state index in [2.05, 4.69) is 27.0 Å². The number of hydrogen-bond donors (Lipinski definition) is 1. The highest BCUT2D eigenvalue weighted by atomic mass is 16.5. The van der Waals surface area contributed by atoms with Gasteiger partial charge in [0.1, 0.15) is 17.3 Å². The van der Waals surface area contributed by atoms with Crippen molar-refractivity contribution in [2.45, 2.75) is 19.8 Å². The molecule has 0 fully saturated rings. The lowest BCUT2D eigenvalue weighted by Crippen LogP contribution is -2.25. The van der Waals surface area contributed by atoms with E-state index in [4.69, 9.17) is 9.15 Å². The summed E-state index contributed by atoms with van der Waals surface area (Å²) in [5.41, 5.74) is 2.13. The summed E-state index contributed by atoms with van der Waals surface area (Å²) in [6, 6.07) is 12.7. The second kappa shape index (κ2) is 8.84. The molecule has 32 heavy (non-hydrogen) atoms. The lowest BCUT2D eigenvalue weighted by atomic mass is 10.1. The van der Waals surface area contributed by atoms with Crippen LogP contribution in [0, 0.1) is 0 Å². The molecule has 2 amide bonds. The summed E-state index contributed by atoms with van der Waals surface area (Å²) in [4.78, 5) is 33.1. The van der Waals surface area contributed by atoms with Crippen LogP contribution in [0.4, 0.5) is 5.82 Å².